The summed E-state index contributed by atoms with van der Waals surface area (Å²) in [6.07, 6.45) is 5.25. The van der Waals surface area contributed by atoms with Crippen LogP contribution in [0, 0.1) is 0 Å². The molecule has 4 aromatic carbocycles. The van der Waals surface area contributed by atoms with E-state index < -0.39 is 13.3 Å². The number of nitrogens with one attached hydrogen (secondary N) is 1. The Bertz CT molecular complexity index is 2220. The van der Waals surface area contributed by atoms with E-state index in [1.807, 2.05) is 48.5 Å². The number of amides is 2. The Morgan fingerprint density at radius 1 is 0.754 bits per heavy atom. The van der Waals surface area contributed by atoms with Crippen molar-refractivity contribution in [1.82, 2.24) is 5.09 Å². The number of aliphatic carboxylic acids is 1. The maximum absolute atomic E-state index is 14.4. The SMILES string of the molecule is COc1cc2c(cc1OCCP(=O)(CCOc1cc3c(cc1OC)C(=O)N1c4ccccc4C[C@H]1C=N3)NCCCC(=O)O)N=C[C@@H]1Cc3ccccc3N1C2=O. The number of anilines is 2. The molecule has 4 aliphatic rings. The van der Waals surface area contributed by atoms with Crippen molar-refractivity contribution in [1.29, 1.82) is 0 Å². The third-order valence-corrected chi connectivity index (χ3v) is 13.3. The number of carbonyl (C=O) groups is 3. The molecule has 4 aliphatic heterocycles. The van der Waals surface area contributed by atoms with Crippen molar-refractivity contribution in [3.8, 4) is 23.0 Å². The number of ether oxygens (including phenoxy) is 4. The molecule has 0 saturated carbocycles. The first kappa shape index (κ1) is 37.9. The maximum Gasteiger partial charge on any atom is 0.303 e. The molecule has 0 fully saturated rings. The van der Waals surface area contributed by atoms with Crippen LogP contribution >= 0.6 is 7.29 Å². The fraction of sp³-hybridized carbons (Fsp3) is 0.310. The number of fused-ring (bicyclic) bond motifs is 8. The van der Waals surface area contributed by atoms with E-state index in [1.54, 1.807) is 46.5 Å². The van der Waals surface area contributed by atoms with Crippen molar-refractivity contribution >= 4 is 60.3 Å². The van der Waals surface area contributed by atoms with Crippen LogP contribution in [0.25, 0.3) is 0 Å². The van der Waals surface area contributed by atoms with E-state index in [9.17, 15) is 18.9 Å². The van der Waals surface area contributed by atoms with Gasteiger partial charge in [0.05, 0.1) is 62.0 Å². The van der Waals surface area contributed by atoms with E-state index in [0.29, 0.717) is 58.3 Å². The number of carbonyl (C=O) groups excluding carboxylic acids is 2. The van der Waals surface area contributed by atoms with Crippen LogP contribution in [0.3, 0.4) is 0 Å². The Labute approximate surface area is 329 Å². The predicted molar refractivity (Wildman–Crippen MR) is 217 cm³/mol. The highest BCUT2D eigenvalue weighted by molar-refractivity contribution is 7.61. The number of hydrogen-bond acceptors (Lipinski definition) is 10. The fourth-order valence-electron chi connectivity index (χ4n) is 7.78. The minimum absolute atomic E-state index is 0.0118. The van der Waals surface area contributed by atoms with Gasteiger partial charge in [-0.05, 0) is 41.8 Å². The number of para-hydroxylation sites is 2. The number of methoxy groups -OCH3 is 2. The standard InChI is InChI=1S/C42H42N5O9P/c1-53-36-20-30-32(43-24-28-18-26-8-3-5-10-34(26)46(28)41(30)50)22-38(36)55-14-16-57(52,45-13-7-12-40(48)49)17-15-56-39-23-33-31(21-37(39)54-2)42(51)47-29(25-44-33)19-27-9-4-6-11-35(27)47/h3-6,8-11,20-25,28-29H,7,12-19H2,1-2H3,(H,45,52)(H,48,49)/t28-,29-/m0/s1. The van der Waals surface area contributed by atoms with Gasteiger partial charge in [0, 0.05) is 74.1 Å². The second-order valence-corrected chi connectivity index (χ2v) is 17.2. The number of hydrogen-bond donors (Lipinski definition) is 2. The van der Waals surface area contributed by atoms with Crippen LogP contribution in [-0.4, -0.2) is 93.7 Å². The maximum atomic E-state index is 14.4. The topological polar surface area (TPSA) is 169 Å². The van der Waals surface area contributed by atoms with E-state index in [2.05, 4.69) is 15.1 Å². The summed E-state index contributed by atoms with van der Waals surface area (Å²) in [4.78, 5) is 51.7. The molecule has 0 spiro atoms. The Balaban J connectivity index is 0.961. The highest BCUT2D eigenvalue weighted by atomic mass is 31.2. The summed E-state index contributed by atoms with van der Waals surface area (Å²) in [5.74, 6) is 0.0208. The van der Waals surface area contributed by atoms with Gasteiger partial charge in [-0.25, -0.2) is 0 Å². The van der Waals surface area contributed by atoms with Crippen LogP contribution in [0.5, 0.6) is 23.0 Å². The Hall–Kier alpha value is -5.98. The van der Waals surface area contributed by atoms with Gasteiger partial charge >= 0.3 is 5.97 Å². The van der Waals surface area contributed by atoms with Crippen LogP contribution in [-0.2, 0) is 22.2 Å². The zero-order valence-electron chi connectivity index (χ0n) is 31.6. The van der Waals surface area contributed by atoms with E-state index in [-0.39, 0.29) is 68.8 Å². The van der Waals surface area contributed by atoms with E-state index >= 15 is 0 Å². The minimum Gasteiger partial charge on any atom is -0.493 e. The molecule has 2 atom stereocenters. The molecule has 14 nitrogen and oxygen atoms in total. The van der Waals surface area contributed by atoms with Crippen molar-refractivity contribution in [2.45, 2.75) is 37.8 Å². The summed E-state index contributed by atoms with van der Waals surface area (Å²) in [6, 6.07) is 21.8. The molecule has 57 heavy (non-hydrogen) atoms. The van der Waals surface area contributed by atoms with Gasteiger partial charge in [0.2, 0.25) is 0 Å². The van der Waals surface area contributed by atoms with Crippen molar-refractivity contribution in [3.05, 3.63) is 95.1 Å². The van der Waals surface area contributed by atoms with Crippen LogP contribution in [0.2, 0.25) is 0 Å². The molecule has 0 bridgehead atoms. The molecule has 294 valence electrons. The number of rotatable bonds is 15. The lowest BCUT2D eigenvalue weighted by Crippen LogP contribution is -2.37. The number of nitrogens with zero attached hydrogens (tertiary/aromatic N) is 4. The molecule has 0 aromatic heterocycles. The molecule has 4 heterocycles. The average molecular weight is 792 g/mol. The van der Waals surface area contributed by atoms with Crippen molar-refractivity contribution in [3.63, 3.8) is 0 Å². The number of carboxylic acid groups (broad SMARTS) is 1. The third-order valence-electron chi connectivity index (χ3n) is 10.6. The van der Waals surface area contributed by atoms with Crippen molar-refractivity contribution in [2.75, 3.05) is 56.1 Å². The Morgan fingerprint density at radius 3 is 1.68 bits per heavy atom. The first-order chi connectivity index (χ1) is 27.7. The second kappa shape index (κ2) is 15.9. The summed E-state index contributed by atoms with van der Waals surface area (Å²) >= 11 is 0. The molecule has 8 rings (SSSR count). The molecule has 0 radical (unpaired) electrons. The lowest BCUT2D eigenvalue weighted by Gasteiger charge is -2.23. The van der Waals surface area contributed by atoms with Gasteiger partial charge in [-0.3, -0.25) is 39.3 Å². The highest BCUT2D eigenvalue weighted by Crippen LogP contribution is 2.45. The molecular weight excluding hydrogens is 749 g/mol. The van der Waals surface area contributed by atoms with Crippen LogP contribution in [0.15, 0.2) is 82.8 Å². The van der Waals surface area contributed by atoms with E-state index in [4.69, 9.17) is 24.1 Å². The smallest absolute Gasteiger partial charge is 0.303 e. The van der Waals surface area contributed by atoms with Gasteiger partial charge in [0.1, 0.15) is 0 Å². The first-order valence-electron chi connectivity index (χ1n) is 18.8. The van der Waals surface area contributed by atoms with Gasteiger partial charge in [-0.2, -0.15) is 0 Å². The van der Waals surface area contributed by atoms with Crippen molar-refractivity contribution < 1.29 is 43.0 Å². The van der Waals surface area contributed by atoms with Gasteiger partial charge in [0.25, 0.3) is 11.8 Å². The summed E-state index contributed by atoms with van der Waals surface area (Å²) in [7, 11) is -0.252. The Morgan fingerprint density at radius 2 is 1.23 bits per heavy atom. The van der Waals surface area contributed by atoms with Crippen molar-refractivity contribution in [2.24, 2.45) is 9.98 Å². The van der Waals surface area contributed by atoms with Gasteiger partial charge in [-0.15, -0.1) is 0 Å². The van der Waals surface area contributed by atoms with Gasteiger partial charge < -0.3 is 28.6 Å². The molecule has 0 saturated heterocycles. The lowest BCUT2D eigenvalue weighted by atomic mass is 10.1. The Kier molecular flexibility index (Phi) is 10.6. The lowest BCUT2D eigenvalue weighted by molar-refractivity contribution is -0.137. The zero-order valence-corrected chi connectivity index (χ0v) is 32.4. The van der Waals surface area contributed by atoms with Gasteiger partial charge in [-0.1, -0.05) is 36.4 Å². The van der Waals surface area contributed by atoms with Crippen LogP contribution in [0.4, 0.5) is 22.7 Å². The van der Waals surface area contributed by atoms with E-state index in [1.165, 1.54) is 14.2 Å². The summed E-state index contributed by atoms with van der Waals surface area (Å²) in [5, 5.41) is 12.3. The normalized spacial score (nSPS) is 17.4. The highest BCUT2D eigenvalue weighted by Gasteiger charge is 2.38. The molecule has 2 N–H and O–H groups in total. The third kappa shape index (κ3) is 7.50. The predicted octanol–water partition coefficient (Wildman–Crippen LogP) is 6.47. The molecule has 0 unspecified atom stereocenters. The van der Waals surface area contributed by atoms with Crippen LogP contribution < -0.4 is 33.8 Å². The monoisotopic (exact) mass is 791 g/mol. The quantitative estimate of drug-likeness (QED) is 0.101. The fourth-order valence-corrected chi connectivity index (χ4v) is 9.65. The average Bonchev–Trinajstić information content (AvgIpc) is 3.70. The molecular formula is C42H42N5O9P. The second-order valence-electron chi connectivity index (χ2n) is 14.2. The molecule has 4 aromatic rings. The van der Waals surface area contributed by atoms with E-state index in [0.717, 1.165) is 22.5 Å². The summed E-state index contributed by atoms with van der Waals surface area (Å²) in [5.41, 5.74) is 5.53. The molecule has 15 heteroatoms. The zero-order chi connectivity index (χ0) is 39.7. The van der Waals surface area contributed by atoms with Gasteiger partial charge in [0.15, 0.2) is 30.3 Å². The number of benzene rings is 4. The summed E-state index contributed by atoms with van der Waals surface area (Å²) < 4.78 is 38.0. The summed E-state index contributed by atoms with van der Waals surface area (Å²) in [6.45, 7) is 0.235. The molecule has 2 amide bonds. The van der Waals surface area contributed by atoms with Crippen LogP contribution in [0.1, 0.15) is 44.7 Å². The number of carboxylic acids is 1. The first-order valence-corrected chi connectivity index (χ1v) is 20.9. The molecule has 0 aliphatic carbocycles. The largest absolute Gasteiger partial charge is 0.493 e. The minimum atomic E-state index is -3.22. The number of aliphatic imine (C=N–C) groups is 2.